The van der Waals surface area contributed by atoms with Crippen molar-refractivity contribution >= 4 is 29.1 Å². The Morgan fingerprint density at radius 1 is 1.15 bits per heavy atom. The van der Waals surface area contributed by atoms with Crippen molar-refractivity contribution in [3.8, 4) is 0 Å². The van der Waals surface area contributed by atoms with E-state index in [1.165, 1.54) is 19.6 Å². The highest BCUT2D eigenvalue weighted by atomic mass is 35.5. The van der Waals surface area contributed by atoms with Gasteiger partial charge < -0.3 is 14.7 Å². The Morgan fingerprint density at radius 3 is 2.56 bits per heavy atom. The van der Waals surface area contributed by atoms with Crippen molar-refractivity contribution in [1.29, 1.82) is 0 Å². The van der Waals surface area contributed by atoms with Gasteiger partial charge in [0.15, 0.2) is 0 Å². The SMILES string of the molecule is CN1CCN(CC2CN(c3ccc(C4CCC(=O)NC4=O)c(Cl)c3)C2)CC1. The van der Waals surface area contributed by atoms with Crippen LogP contribution in [0.2, 0.25) is 5.02 Å². The summed E-state index contributed by atoms with van der Waals surface area (Å²) >= 11 is 6.49. The number of nitrogens with one attached hydrogen (secondary N) is 1. The van der Waals surface area contributed by atoms with Crippen molar-refractivity contribution < 1.29 is 9.59 Å². The molecule has 6 nitrogen and oxygen atoms in total. The van der Waals surface area contributed by atoms with Gasteiger partial charge in [-0.05, 0) is 31.2 Å². The first kappa shape index (κ1) is 18.7. The highest BCUT2D eigenvalue weighted by molar-refractivity contribution is 6.32. The number of imide groups is 1. The summed E-state index contributed by atoms with van der Waals surface area (Å²) in [7, 11) is 2.19. The molecule has 27 heavy (non-hydrogen) atoms. The molecule has 7 heteroatoms. The molecular weight excluding hydrogens is 364 g/mol. The lowest BCUT2D eigenvalue weighted by Crippen LogP contribution is -2.54. The van der Waals surface area contributed by atoms with E-state index in [9.17, 15) is 9.59 Å². The van der Waals surface area contributed by atoms with Crippen LogP contribution in [0.3, 0.4) is 0 Å². The number of anilines is 1. The first-order valence-electron chi connectivity index (χ1n) is 9.78. The van der Waals surface area contributed by atoms with Crippen LogP contribution in [-0.2, 0) is 9.59 Å². The predicted octanol–water partition coefficient (Wildman–Crippen LogP) is 1.54. The molecule has 3 aliphatic heterocycles. The smallest absolute Gasteiger partial charge is 0.234 e. The number of benzene rings is 1. The molecule has 0 saturated carbocycles. The Hall–Kier alpha value is -1.63. The molecule has 1 unspecified atom stereocenters. The van der Waals surface area contributed by atoms with Crippen molar-refractivity contribution in [2.24, 2.45) is 5.92 Å². The van der Waals surface area contributed by atoms with Gasteiger partial charge in [0.25, 0.3) is 0 Å². The molecule has 1 atom stereocenters. The first-order chi connectivity index (χ1) is 13.0. The Labute approximate surface area is 165 Å². The van der Waals surface area contributed by atoms with Gasteiger partial charge >= 0.3 is 0 Å². The molecule has 1 N–H and O–H groups in total. The number of carbonyl (C=O) groups excluding carboxylic acids is 2. The van der Waals surface area contributed by atoms with Crippen molar-refractivity contribution in [1.82, 2.24) is 15.1 Å². The standard InChI is InChI=1S/C20H27ClN4O2/c1-23-6-8-24(9-7-23)11-14-12-25(13-14)15-2-3-16(18(21)10-15)17-4-5-19(26)22-20(17)27/h2-3,10,14,17H,4-9,11-13H2,1H3,(H,22,26,27). The van der Waals surface area contributed by atoms with Gasteiger partial charge in [0.05, 0.1) is 5.92 Å². The first-order valence-corrected chi connectivity index (χ1v) is 10.2. The topological polar surface area (TPSA) is 55.9 Å². The van der Waals surface area contributed by atoms with E-state index >= 15 is 0 Å². The molecule has 4 rings (SSSR count). The molecule has 0 bridgehead atoms. The largest absolute Gasteiger partial charge is 0.371 e. The van der Waals surface area contributed by atoms with E-state index in [2.05, 4.69) is 33.1 Å². The maximum Gasteiger partial charge on any atom is 0.234 e. The van der Waals surface area contributed by atoms with Gasteiger partial charge in [0.2, 0.25) is 11.8 Å². The molecule has 1 aromatic rings. The monoisotopic (exact) mass is 390 g/mol. The van der Waals surface area contributed by atoms with Gasteiger partial charge in [-0.25, -0.2) is 0 Å². The molecule has 3 saturated heterocycles. The summed E-state index contributed by atoms with van der Waals surface area (Å²) in [5.41, 5.74) is 1.94. The lowest BCUT2D eigenvalue weighted by Gasteiger charge is -2.44. The number of piperazine rings is 1. The number of hydrogen-bond donors (Lipinski definition) is 1. The van der Waals surface area contributed by atoms with Crippen LogP contribution in [-0.4, -0.2) is 74.5 Å². The van der Waals surface area contributed by atoms with Crippen LogP contribution in [0.25, 0.3) is 0 Å². The fourth-order valence-electron chi connectivity index (χ4n) is 4.28. The summed E-state index contributed by atoms with van der Waals surface area (Å²) in [5, 5.41) is 3.02. The minimum atomic E-state index is -0.328. The van der Waals surface area contributed by atoms with Gasteiger partial charge in [0, 0.05) is 68.9 Å². The molecule has 3 aliphatic rings. The third kappa shape index (κ3) is 4.13. The molecule has 2 amide bonds. The van der Waals surface area contributed by atoms with Gasteiger partial charge in [0.1, 0.15) is 0 Å². The second-order valence-corrected chi connectivity index (χ2v) is 8.49. The van der Waals surface area contributed by atoms with Crippen LogP contribution in [0.4, 0.5) is 5.69 Å². The number of piperidine rings is 1. The van der Waals surface area contributed by atoms with Crippen molar-refractivity contribution in [3.05, 3.63) is 28.8 Å². The average molecular weight is 391 g/mol. The number of rotatable bonds is 4. The maximum absolute atomic E-state index is 12.1. The van der Waals surface area contributed by atoms with E-state index in [-0.39, 0.29) is 17.7 Å². The number of likely N-dealkylation sites (N-methyl/N-ethyl adjacent to an activating group) is 1. The predicted molar refractivity (Wildman–Crippen MR) is 106 cm³/mol. The summed E-state index contributed by atoms with van der Waals surface area (Å²) in [6.45, 7) is 7.94. The highest BCUT2D eigenvalue weighted by Gasteiger charge is 2.32. The van der Waals surface area contributed by atoms with E-state index in [0.29, 0.717) is 23.8 Å². The number of nitrogens with zero attached hydrogens (tertiary/aromatic N) is 3. The van der Waals surface area contributed by atoms with Gasteiger partial charge in [-0.1, -0.05) is 17.7 Å². The molecule has 0 spiro atoms. The summed E-state index contributed by atoms with van der Waals surface area (Å²) in [6.07, 6.45) is 0.898. The number of amides is 2. The molecule has 3 heterocycles. The van der Waals surface area contributed by atoms with Crippen molar-refractivity contribution in [2.45, 2.75) is 18.8 Å². The average Bonchev–Trinajstić information content (AvgIpc) is 2.60. The Kier molecular flexibility index (Phi) is 5.39. The molecule has 0 aromatic heterocycles. The van der Waals surface area contributed by atoms with Crippen LogP contribution >= 0.6 is 11.6 Å². The van der Waals surface area contributed by atoms with Crippen molar-refractivity contribution in [2.75, 3.05) is 57.8 Å². The lowest BCUT2D eigenvalue weighted by molar-refractivity contribution is -0.134. The maximum atomic E-state index is 12.1. The zero-order valence-corrected chi connectivity index (χ0v) is 16.5. The second-order valence-electron chi connectivity index (χ2n) is 8.08. The van der Waals surface area contributed by atoms with E-state index in [0.717, 1.165) is 37.4 Å². The minimum Gasteiger partial charge on any atom is -0.371 e. The van der Waals surface area contributed by atoms with Gasteiger partial charge in [-0.15, -0.1) is 0 Å². The summed E-state index contributed by atoms with van der Waals surface area (Å²) in [4.78, 5) is 30.7. The van der Waals surface area contributed by atoms with Crippen LogP contribution in [0.1, 0.15) is 24.3 Å². The zero-order chi connectivity index (χ0) is 19.0. The van der Waals surface area contributed by atoms with Crippen LogP contribution in [0.5, 0.6) is 0 Å². The summed E-state index contributed by atoms with van der Waals surface area (Å²) < 4.78 is 0. The summed E-state index contributed by atoms with van der Waals surface area (Å²) in [5.74, 6) is -0.0549. The number of carbonyl (C=O) groups is 2. The van der Waals surface area contributed by atoms with Crippen LogP contribution < -0.4 is 10.2 Å². The van der Waals surface area contributed by atoms with E-state index in [1.807, 2.05) is 12.1 Å². The fraction of sp³-hybridized carbons (Fsp3) is 0.600. The Balaban J connectivity index is 1.33. The minimum absolute atomic E-state index is 0.198. The Morgan fingerprint density at radius 2 is 1.89 bits per heavy atom. The van der Waals surface area contributed by atoms with E-state index < -0.39 is 0 Å². The quantitative estimate of drug-likeness (QED) is 0.790. The molecule has 1 aromatic carbocycles. The molecule has 0 aliphatic carbocycles. The molecule has 146 valence electrons. The summed E-state index contributed by atoms with van der Waals surface area (Å²) in [6, 6.07) is 5.97. The number of halogens is 1. The molecular formula is C20H27ClN4O2. The normalized spacial score (nSPS) is 25.4. The zero-order valence-electron chi connectivity index (χ0n) is 15.8. The van der Waals surface area contributed by atoms with Crippen molar-refractivity contribution in [3.63, 3.8) is 0 Å². The number of hydrogen-bond acceptors (Lipinski definition) is 5. The third-order valence-corrected chi connectivity index (χ3v) is 6.36. The van der Waals surface area contributed by atoms with Gasteiger partial charge in [-0.3, -0.25) is 14.9 Å². The Bertz CT molecular complexity index is 727. The fourth-order valence-corrected chi connectivity index (χ4v) is 4.58. The lowest BCUT2D eigenvalue weighted by atomic mass is 9.90. The third-order valence-electron chi connectivity index (χ3n) is 6.03. The second kappa shape index (κ2) is 7.78. The van der Waals surface area contributed by atoms with Gasteiger partial charge in [-0.2, -0.15) is 0 Å². The highest BCUT2D eigenvalue weighted by Crippen LogP contribution is 2.35. The van der Waals surface area contributed by atoms with E-state index in [1.54, 1.807) is 0 Å². The molecule has 0 radical (unpaired) electrons. The van der Waals surface area contributed by atoms with Crippen LogP contribution in [0, 0.1) is 5.92 Å². The molecule has 3 fully saturated rings. The van der Waals surface area contributed by atoms with E-state index in [4.69, 9.17) is 11.6 Å². The van der Waals surface area contributed by atoms with Crippen LogP contribution in [0.15, 0.2) is 18.2 Å².